The van der Waals surface area contributed by atoms with Gasteiger partial charge in [-0.2, -0.15) is 0 Å². The van der Waals surface area contributed by atoms with Crippen LogP contribution in [0, 0.1) is 6.92 Å². The Morgan fingerprint density at radius 1 is 1.18 bits per heavy atom. The third kappa shape index (κ3) is 6.91. The SMILES string of the molecule is CCCCOc1ccc(NC(=O)NCCCc2oc(C(C)(C)C)nc2C)cc1. The number of carbonyl (C=O) groups excluding carboxylic acids is 1. The quantitative estimate of drug-likeness (QED) is 0.579. The largest absolute Gasteiger partial charge is 0.494 e. The summed E-state index contributed by atoms with van der Waals surface area (Å²) >= 11 is 0. The van der Waals surface area contributed by atoms with E-state index in [9.17, 15) is 4.79 Å². The van der Waals surface area contributed by atoms with Gasteiger partial charge in [0.05, 0.1) is 12.3 Å². The Morgan fingerprint density at radius 3 is 2.50 bits per heavy atom. The van der Waals surface area contributed by atoms with Crippen LogP contribution in [0.25, 0.3) is 0 Å². The first-order valence-corrected chi connectivity index (χ1v) is 10.0. The number of amides is 2. The number of aromatic nitrogens is 1. The monoisotopic (exact) mass is 387 g/mol. The Kier molecular flexibility index (Phi) is 7.91. The molecule has 6 nitrogen and oxygen atoms in total. The van der Waals surface area contributed by atoms with Crippen molar-refractivity contribution in [2.24, 2.45) is 0 Å². The van der Waals surface area contributed by atoms with Gasteiger partial charge < -0.3 is 19.8 Å². The smallest absolute Gasteiger partial charge is 0.319 e. The van der Waals surface area contributed by atoms with Gasteiger partial charge >= 0.3 is 6.03 Å². The second kappa shape index (κ2) is 10.2. The third-order valence-corrected chi connectivity index (χ3v) is 4.28. The number of hydrogen-bond donors (Lipinski definition) is 2. The number of aryl methyl sites for hydroxylation is 2. The molecule has 0 fully saturated rings. The zero-order valence-electron chi connectivity index (χ0n) is 17.7. The number of carbonyl (C=O) groups is 1. The van der Waals surface area contributed by atoms with Gasteiger partial charge in [0.2, 0.25) is 0 Å². The highest BCUT2D eigenvalue weighted by Gasteiger charge is 2.22. The van der Waals surface area contributed by atoms with E-state index in [0.29, 0.717) is 13.2 Å². The number of urea groups is 1. The van der Waals surface area contributed by atoms with Gasteiger partial charge in [0.25, 0.3) is 0 Å². The number of nitrogens with zero attached hydrogens (tertiary/aromatic N) is 1. The fraction of sp³-hybridized carbons (Fsp3) is 0.545. The summed E-state index contributed by atoms with van der Waals surface area (Å²) in [6, 6.07) is 7.19. The van der Waals surface area contributed by atoms with Crippen molar-refractivity contribution in [1.29, 1.82) is 0 Å². The normalized spacial score (nSPS) is 11.3. The van der Waals surface area contributed by atoms with Gasteiger partial charge in [-0.25, -0.2) is 9.78 Å². The lowest BCUT2D eigenvalue weighted by Crippen LogP contribution is -2.29. The predicted molar refractivity (Wildman–Crippen MR) is 112 cm³/mol. The van der Waals surface area contributed by atoms with E-state index in [2.05, 4.69) is 43.3 Å². The molecule has 0 aliphatic rings. The van der Waals surface area contributed by atoms with Crippen LogP contribution in [-0.4, -0.2) is 24.2 Å². The highest BCUT2D eigenvalue weighted by Crippen LogP contribution is 2.24. The molecule has 0 saturated heterocycles. The summed E-state index contributed by atoms with van der Waals surface area (Å²) in [7, 11) is 0. The van der Waals surface area contributed by atoms with Crippen LogP contribution >= 0.6 is 0 Å². The maximum atomic E-state index is 12.0. The lowest BCUT2D eigenvalue weighted by molar-refractivity contribution is 0.252. The number of rotatable bonds is 9. The molecule has 0 radical (unpaired) electrons. The van der Waals surface area contributed by atoms with Gasteiger partial charge in [-0.1, -0.05) is 34.1 Å². The van der Waals surface area contributed by atoms with Crippen molar-refractivity contribution in [3.05, 3.63) is 41.6 Å². The molecule has 0 aliphatic carbocycles. The lowest BCUT2D eigenvalue weighted by atomic mass is 9.97. The molecule has 0 bridgehead atoms. The van der Waals surface area contributed by atoms with Crippen LogP contribution in [0.5, 0.6) is 5.75 Å². The standard InChI is InChI=1S/C22H33N3O3/c1-6-7-15-27-18-12-10-17(11-13-18)25-21(26)23-14-8-9-19-16(2)24-20(28-19)22(3,4)5/h10-13H,6-9,14-15H2,1-5H3,(H2,23,25,26). The zero-order valence-corrected chi connectivity index (χ0v) is 17.7. The van der Waals surface area contributed by atoms with E-state index in [1.807, 2.05) is 31.2 Å². The van der Waals surface area contributed by atoms with Gasteiger partial charge in [0.1, 0.15) is 11.5 Å². The van der Waals surface area contributed by atoms with Gasteiger partial charge in [-0.3, -0.25) is 0 Å². The highest BCUT2D eigenvalue weighted by atomic mass is 16.5. The maximum Gasteiger partial charge on any atom is 0.319 e. The second-order valence-corrected chi connectivity index (χ2v) is 7.99. The number of anilines is 1. The zero-order chi connectivity index (χ0) is 20.6. The molecule has 1 aromatic carbocycles. The Hall–Kier alpha value is -2.50. The van der Waals surface area contributed by atoms with Crippen molar-refractivity contribution >= 4 is 11.7 Å². The lowest BCUT2D eigenvalue weighted by Gasteiger charge is -2.12. The number of hydrogen-bond acceptors (Lipinski definition) is 4. The van der Waals surface area contributed by atoms with E-state index >= 15 is 0 Å². The summed E-state index contributed by atoms with van der Waals surface area (Å²) in [5.74, 6) is 2.47. The van der Waals surface area contributed by atoms with E-state index in [4.69, 9.17) is 9.15 Å². The first-order valence-electron chi connectivity index (χ1n) is 10.0. The molecular formula is C22H33N3O3. The van der Waals surface area contributed by atoms with E-state index in [1.165, 1.54) is 0 Å². The molecule has 0 unspecified atom stereocenters. The van der Waals surface area contributed by atoms with Crippen LogP contribution in [0.3, 0.4) is 0 Å². The second-order valence-electron chi connectivity index (χ2n) is 7.99. The molecule has 6 heteroatoms. The first kappa shape index (κ1) is 21.8. The van der Waals surface area contributed by atoms with Gasteiger partial charge in [-0.05, 0) is 44.0 Å². The van der Waals surface area contributed by atoms with E-state index in [0.717, 1.165) is 54.5 Å². The van der Waals surface area contributed by atoms with Crippen molar-refractivity contribution in [3.8, 4) is 5.75 Å². The summed E-state index contributed by atoms with van der Waals surface area (Å²) in [5, 5.41) is 5.70. The molecule has 2 amide bonds. The summed E-state index contributed by atoms with van der Waals surface area (Å²) in [4.78, 5) is 16.5. The molecule has 154 valence electrons. The minimum Gasteiger partial charge on any atom is -0.494 e. The van der Waals surface area contributed by atoms with Crippen molar-refractivity contribution in [1.82, 2.24) is 10.3 Å². The molecule has 1 aromatic heterocycles. The number of nitrogens with one attached hydrogen (secondary N) is 2. The number of unbranched alkanes of at least 4 members (excludes halogenated alkanes) is 1. The molecule has 2 aromatic rings. The van der Waals surface area contributed by atoms with E-state index in [-0.39, 0.29) is 11.4 Å². The molecular weight excluding hydrogens is 354 g/mol. The Bertz CT molecular complexity index is 745. The summed E-state index contributed by atoms with van der Waals surface area (Å²) in [5.41, 5.74) is 1.56. The minimum atomic E-state index is -0.218. The van der Waals surface area contributed by atoms with Gasteiger partial charge in [-0.15, -0.1) is 0 Å². The molecule has 28 heavy (non-hydrogen) atoms. The molecule has 0 atom stereocenters. The van der Waals surface area contributed by atoms with E-state index in [1.54, 1.807) is 0 Å². The van der Waals surface area contributed by atoms with Crippen molar-refractivity contribution in [2.45, 2.75) is 65.7 Å². The first-order chi connectivity index (χ1) is 13.3. The van der Waals surface area contributed by atoms with Gasteiger partial charge in [0, 0.05) is 24.1 Å². The number of ether oxygens (including phenoxy) is 1. The summed E-state index contributed by atoms with van der Waals surface area (Å²) in [6.45, 7) is 11.6. The molecule has 2 N–H and O–H groups in total. The average molecular weight is 388 g/mol. The van der Waals surface area contributed by atoms with Crippen molar-refractivity contribution in [3.63, 3.8) is 0 Å². The van der Waals surface area contributed by atoms with Crippen molar-refractivity contribution in [2.75, 3.05) is 18.5 Å². The average Bonchev–Trinajstić information content (AvgIpc) is 3.02. The summed E-state index contributed by atoms with van der Waals surface area (Å²) in [6.07, 6.45) is 3.68. The summed E-state index contributed by atoms with van der Waals surface area (Å²) < 4.78 is 11.5. The van der Waals surface area contributed by atoms with Crippen LogP contribution in [0.15, 0.2) is 28.7 Å². The molecule has 1 heterocycles. The molecule has 0 saturated carbocycles. The Labute approximate surface area is 168 Å². The molecule has 2 rings (SSSR count). The Morgan fingerprint density at radius 2 is 1.89 bits per heavy atom. The fourth-order valence-electron chi connectivity index (χ4n) is 2.58. The van der Waals surface area contributed by atoms with Crippen LogP contribution < -0.4 is 15.4 Å². The van der Waals surface area contributed by atoms with E-state index < -0.39 is 0 Å². The van der Waals surface area contributed by atoms with Crippen LogP contribution in [0.2, 0.25) is 0 Å². The molecule has 0 spiro atoms. The maximum absolute atomic E-state index is 12.0. The fourth-order valence-corrected chi connectivity index (χ4v) is 2.58. The van der Waals surface area contributed by atoms with Crippen LogP contribution in [-0.2, 0) is 11.8 Å². The topological polar surface area (TPSA) is 76.4 Å². The number of benzene rings is 1. The molecule has 0 aliphatic heterocycles. The third-order valence-electron chi connectivity index (χ3n) is 4.28. The Balaban J connectivity index is 1.71. The van der Waals surface area contributed by atoms with Crippen molar-refractivity contribution < 1.29 is 13.9 Å². The highest BCUT2D eigenvalue weighted by molar-refractivity contribution is 5.89. The van der Waals surface area contributed by atoms with Gasteiger partial charge in [0.15, 0.2) is 5.89 Å². The van der Waals surface area contributed by atoms with Crippen LogP contribution in [0.4, 0.5) is 10.5 Å². The predicted octanol–water partition coefficient (Wildman–Crippen LogP) is 5.21. The number of oxazole rings is 1. The van der Waals surface area contributed by atoms with Crippen LogP contribution in [0.1, 0.15) is 64.3 Å². The minimum absolute atomic E-state index is 0.0995.